The summed E-state index contributed by atoms with van der Waals surface area (Å²) in [5, 5.41) is 19.8. The third-order valence-corrected chi connectivity index (χ3v) is 5.98. The smallest absolute Gasteiger partial charge is 0.410 e. The van der Waals surface area contributed by atoms with Gasteiger partial charge in [0.25, 0.3) is 0 Å². The van der Waals surface area contributed by atoms with E-state index in [4.69, 9.17) is 14.7 Å². The highest BCUT2D eigenvalue weighted by atomic mass is 16.6. The molecule has 2 aliphatic rings. The quantitative estimate of drug-likeness (QED) is 0.655. The van der Waals surface area contributed by atoms with E-state index in [-0.39, 0.29) is 12.5 Å². The second kappa shape index (κ2) is 10.5. The van der Waals surface area contributed by atoms with E-state index in [1.54, 1.807) is 24.3 Å². The highest BCUT2D eigenvalue weighted by Crippen LogP contribution is 2.30. The molecule has 0 spiro atoms. The normalized spacial score (nSPS) is 22.7. The Morgan fingerprint density at radius 2 is 1.76 bits per heavy atom. The molecule has 0 radical (unpaired) electrons. The molecular formula is C25H35N3O5. The number of nitrogens with zero attached hydrogens (tertiary/aromatic N) is 3. The van der Waals surface area contributed by atoms with Crippen molar-refractivity contribution >= 4 is 12.1 Å². The van der Waals surface area contributed by atoms with Gasteiger partial charge in [-0.3, -0.25) is 4.79 Å². The predicted octanol–water partition coefficient (Wildman–Crippen LogP) is 3.10. The first-order chi connectivity index (χ1) is 15.5. The first-order valence-electron chi connectivity index (χ1n) is 11.6. The lowest BCUT2D eigenvalue weighted by atomic mass is 9.84. The topological polar surface area (TPSA) is 103 Å². The molecule has 1 N–H and O–H groups in total. The Balaban J connectivity index is 1.56. The van der Waals surface area contributed by atoms with Gasteiger partial charge in [-0.25, -0.2) is 4.79 Å². The van der Waals surface area contributed by atoms with Gasteiger partial charge >= 0.3 is 12.1 Å². The Labute approximate surface area is 196 Å². The molecule has 4 unspecified atom stereocenters. The van der Waals surface area contributed by atoms with Gasteiger partial charge in [-0.05, 0) is 56.7 Å². The number of aliphatic hydroxyl groups is 1. The van der Waals surface area contributed by atoms with Crippen molar-refractivity contribution in [2.24, 2.45) is 11.8 Å². The summed E-state index contributed by atoms with van der Waals surface area (Å²) >= 11 is 0. The summed E-state index contributed by atoms with van der Waals surface area (Å²) in [6.07, 6.45) is -0.144. The van der Waals surface area contributed by atoms with Crippen LogP contribution in [0.1, 0.15) is 57.8 Å². The SMILES string of the molecule is CC(=O)OC(CC(O)CN1CC2CC(C1)CN(C(=O)OC(C)(C)C)C2)c1ccc(C#N)cc1. The lowest BCUT2D eigenvalue weighted by Crippen LogP contribution is -2.55. The van der Waals surface area contributed by atoms with Gasteiger partial charge in [0, 0.05) is 46.1 Å². The molecule has 0 aliphatic carbocycles. The van der Waals surface area contributed by atoms with E-state index in [0.717, 1.165) is 25.1 Å². The van der Waals surface area contributed by atoms with Crippen molar-refractivity contribution in [2.75, 3.05) is 32.7 Å². The van der Waals surface area contributed by atoms with Crippen LogP contribution in [0.15, 0.2) is 24.3 Å². The summed E-state index contributed by atoms with van der Waals surface area (Å²) in [7, 11) is 0. The molecule has 1 aromatic carbocycles. The van der Waals surface area contributed by atoms with E-state index in [1.165, 1.54) is 6.92 Å². The number of nitriles is 1. The lowest BCUT2D eigenvalue weighted by Gasteiger charge is -2.46. The molecule has 1 aromatic rings. The molecule has 0 saturated carbocycles. The highest BCUT2D eigenvalue weighted by Gasteiger charge is 2.38. The third-order valence-electron chi connectivity index (χ3n) is 5.98. The van der Waals surface area contributed by atoms with E-state index in [2.05, 4.69) is 11.0 Å². The molecule has 2 fully saturated rings. The number of likely N-dealkylation sites (tertiary alicyclic amines) is 2. The van der Waals surface area contributed by atoms with Gasteiger partial charge in [0.1, 0.15) is 11.7 Å². The standard InChI is InChI=1S/C25H35N3O5/c1-17(29)32-23(21-7-5-18(11-26)6-8-21)10-22(30)16-27-12-19-9-20(13-27)15-28(14-19)24(31)33-25(2,3)4/h5-8,19-20,22-23,30H,9-10,12-16H2,1-4H3. The number of aliphatic hydroxyl groups excluding tert-OH is 1. The van der Waals surface area contributed by atoms with Gasteiger partial charge in [0.15, 0.2) is 0 Å². The molecule has 3 rings (SSSR count). The van der Waals surface area contributed by atoms with E-state index < -0.39 is 23.8 Å². The van der Waals surface area contributed by atoms with Crippen molar-refractivity contribution in [2.45, 2.75) is 58.3 Å². The number of esters is 1. The monoisotopic (exact) mass is 457 g/mol. The van der Waals surface area contributed by atoms with Crippen molar-refractivity contribution in [1.29, 1.82) is 5.26 Å². The average Bonchev–Trinajstić information content (AvgIpc) is 2.71. The van der Waals surface area contributed by atoms with Gasteiger partial charge in [-0.2, -0.15) is 5.26 Å². The van der Waals surface area contributed by atoms with E-state index in [1.807, 2.05) is 25.7 Å². The summed E-state index contributed by atoms with van der Waals surface area (Å²) in [4.78, 5) is 28.2. The maximum absolute atomic E-state index is 12.5. The summed E-state index contributed by atoms with van der Waals surface area (Å²) in [6, 6.07) is 8.95. The zero-order valence-electron chi connectivity index (χ0n) is 20.0. The number of ether oxygens (including phenoxy) is 2. The maximum atomic E-state index is 12.5. The first kappa shape index (κ1) is 25.0. The van der Waals surface area contributed by atoms with Crippen molar-refractivity contribution in [3.8, 4) is 6.07 Å². The van der Waals surface area contributed by atoms with Gasteiger partial charge < -0.3 is 24.4 Å². The summed E-state index contributed by atoms with van der Waals surface area (Å²) in [6.45, 7) is 10.4. The molecule has 33 heavy (non-hydrogen) atoms. The molecule has 1 amide bonds. The van der Waals surface area contributed by atoms with Crippen LogP contribution >= 0.6 is 0 Å². The number of piperidine rings is 2. The number of amides is 1. The van der Waals surface area contributed by atoms with Crippen LogP contribution in [0.25, 0.3) is 0 Å². The van der Waals surface area contributed by atoms with Crippen molar-refractivity contribution in [3.05, 3.63) is 35.4 Å². The maximum Gasteiger partial charge on any atom is 0.410 e. The molecule has 0 aromatic heterocycles. The Hall–Kier alpha value is -2.63. The van der Waals surface area contributed by atoms with Crippen LogP contribution in [0.2, 0.25) is 0 Å². The molecule has 2 saturated heterocycles. The number of hydrogen-bond acceptors (Lipinski definition) is 7. The third kappa shape index (κ3) is 7.44. The fourth-order valence-electron chi connectivity index (χ4n) is 4.86. The van der Waals surface area contributed by atoms with Gasteiger partial charge in [0.2, 0.25) is 0 Å². The summed E-state index contributed by atoms with van der Waals surface area (Å²) in [5.41, 5.74) is 0.778. The largest absolute Gasteiger partial charge is 0.458 e. The number of fused-ring (bicyclic) bond motifs is 2. The zero-order valence-corrected chi connectivity index (χ0v) is 20.0. The fourth-order valence-corrected chi connectivity index (χ4v) is 4.86. The minimum Gasteiger partial charge on any atom is -0.458 e. The number of rotatable bonds is 6. The van der Waals surface area contributed by atoms with Gasteiger partial charge in [-0.1, -0.05) is 12.1 Å². The Morgan fingerprint density at radius 3 is 2.27 bits per heavy atom. The van der Waals surface area contributed by atoms with Crippen LogP contribution < -0.4 is 0 Å². The summed E-state index contributed by atoms with van der Waals surface area (Å²) in [5.74, 6) is 0.284. The Morgan fingerprint density at radius 1 is 1.15 bits per heavy atom. The first-order valence-corrected chi connectivity index (χ1v) is 11.6. The minimum absolute atomic E-state index is 0.252. The average molecular weight is 458 g/mol. The number of hydrogen-bond donors (Lipinski definition) is 1. The van der Waals surface area contributed by atoms with E-state index in [9.17, 15) is 14.7 Å². The fraction of sp³-hybridized carbons (Fsp3) is 0.640. The van der Waals surface area contributed by atoms with Gasteiger partial charge in [0.05, 0.1) is 17.7 Å². The molecule has 2 aliphatic heterocycles. The van der Waals surface area contributed by atoms with E-state index in [0.29, 0.717) is 37.0 Å². The highest BCUT2D eigenvalue weighted by molar-refractivity contribution is 5.68. The minimum atomic E-state index is -0.675. The molecule has 4 atom stereocenters. The molecular weight excluding hydrogens is 422 g/mol. The van der Waals surface area contributed by atoms with Crippen LogP contribution in [0.5, 0.6) is 0 Å². The Kier molecular flexibility index (Phi) is 7.98. The van der Waals surface area contributed by atoms with Crippen LogP contribution in [0, 0.1) is 23.2 Å². The van der Waals surface area contributed by atoms with Crippen molar-refractivity contribution in [1.82, 2.24) is 9.80 Å². The Bertz CT molecular complexity index is 860. The van der Waals surface area contributed by atoms with Crippen molar-refractivity contribution < 1.29 is 24.2 Å². The van der Waals surface area contributed by atoms with Crippen LogP contribution in [-0.2, 0) is 14.3 Å². The van der Waals surface area contributed by atoms with Crippen LogP contribution in [0.4, 0.5) is 4.79 Å². The molecule has 2 heterocycles. The second-order valence-electron chi connectivity index (χ2n) is 10.3. The zero-order chi connectivity index (χ0) is 24.2. The van der Waals surface area contributed by atoms with Crippen LogP contribution in [0.3, 0.4) is 0 Å². The van der Waals surface area contributed by atoms with E-state index >= 15 is 0 Å². The van der Waals surface area contributed by atoms with Gasteiger partial charge in [-0.15, -0.1) is 0 Å². The molecule has 8 nitrogen and oxygen atoms in total. The molecule has 8 heteroatoms. The van der Waals surface area contributed by atoms with Crippen LogP contribution in [-0.4, -0.2) is 71.4 Å². The molecule has 2 bridgehead atoms. The number of β-amino-alcohol motifs (C(OH)–C–C–N with tert-alkyl or cyclic N) is 1. The number of carbonyl (C=O) groups excluding carboxylic acids is 2. The second-order valence-corrected chi connectivity index (χ2v) is 10.3. The number of benzene rings is 1. The summed E-state index contributed by atoms with van der Waals surface area (Å²) < 4.78 is 11.0. The van der Waals surface area contributed by atoms with Crippen molar-refractivity contribution in [3.63, 3.8) is 0 Å². The predicted molar refractivity (Wildman–Crippen MR) is 122 cm³/mol. The lowest BCUT2D eigenvalue weighted by molar-refractivity contribution is -0.148. The number of carbonyl (C=O) groups is 2. The molecule has 180 valence electrons.